The molecule has 0 saturated carbocycles. The Hall–Kier alpha value is -3.13. The number of benzene rings is 1. The molecule has 0 saturated heterocycles. The van der Waals surface area contributed by atoms with Gasteiger partial charge in [-0.2, -0.15) is 5.26 Å². The average molecular weight is 262 g/mol. The highest BCUT2D eigenvalue weighted by atomic mass is 16.3. The molecule has 5 nitrogen and oxygen atoms in total. The van der Waals surface area contributed by atoms with Crippen LogP contribution in [0.15, 0.2) is 48.8 Å². The predicted molar refractivity (Wildman–Crippen MR) is 75.4 cm³/mol. The number of aromatic nitrogens is 3. The van der Waals surface area contributed by atoms with Gasteiger partial charge in [-0.25, -0.2) is 4.98 Å². The highest BCUT2D eigenvalue weighted by Crippen LogP contribution is 2.23. The van der Waals surface area contributed by atoms with Gasteiger partial charge in [0.2, 0.25) is 0 Å². The molecule has 0 atom stereocenters. The first-order valence-corrected chi connectivity index (χ1v) is 5.98. The number of hydrogen-bond acceptors (Lipinski definition) is 4. The highest BCUT2D eigenvalue weighted by molar-refractivity contribution is 5.93. The van der Waals surface area contributed by atoms with Gasteiger partial charge in [0.15, 0.2) is 5.82 Å². The fourth-order valence-electron chi connectivity index (χ4n) is 1.94. The molecular formula is C15H10N4O. The number of fused-ring (bicyclic) bond motifs is 1. The van der Waals surface area contributed by atoms with Gasteiger partial charge >= 0.3 is 0 Å². The number of pyridine rings is 1. The second-order valence-corrected chi connectivity index (χ2v) is 4.17. The zero-order valence-corrected chi connectivity index (χ0v) is 10.4. The lowest BCUT2D eigenvalue weighted by molar-refractivity contribution is 0.513. The Morgan fingerprint density at radius 1 is 1.15 bits per heavy atom. The van der Waals surface area contributed by atoms with Crippen molar-refractivity contribution in [3.05, 3.63) is 60.2 Å². The number of hydrogen-bond donors (Lipinski definition) is 2. The molecule has 2 heterocycles. The molecule has 20 heavy (non-hydrogen) atoms. The number of H-pyrrole nitrogens is 1. The number of para-hydroxylation sites is 2. The molecule has 0 aliphatic heterocycles. The lowest BCUT2D eigenvalue weighted by atomic mass is 10.1. The summed E-state index contributed by atoms with van der Waals surface area (Å²) < 4.78 is 0. The molecule has 0 aliphatic carbocycles. The van der Waals surface area contributed by atoms with E-state index in [-0.39, 0.29) is 11.3 Å². The second-order valence-electron chi connectivity index (χ2n) is 4.17. The van der Waals surface area contributed by atoms with Crippen LogP contribution in [0.4, 0.5) is 0 Å². The fraction of sp³-hybridized carbons (Fsp3) is 0. The molecule has 0 spiro atoms. The molecule has 3 aromatic rings. The zero-order valence-electron chi connectivity index (χ0n) is 10.4. The molecule has 3 rings (SSSR count). The summed E-state index contributed by atoms with van der Waals surface area (Å²) in [6.07, 6.45) is 3.11. The van der Waals surface area contributed by atoms with Gasteiger partial charge in [-0.15, -0.1) is 0 Å². The summed E-state index contributed by atoms with van der Waals surface area (Å²) in [5.74, 6) is 0.233. The first kappa shape index (κ1) is 11.9. The minimum absolute atomic E-state index is 0.104. The monoisotopic (exact) mass is 262 g/mol. The zero-order chi connectivity index (χ0) is 13.9. The summed E-state index contributed by atoms with van der Waals surface area (Å²) >= 11 is 0. The number of aliphatic hydroxyl groups excluding tert-OH is 1. The van der Waals surface area contributed by atoms with Crippen molar-refractivity contribution >= 4 is 22.4 Å². The van der Waals surface area contributed by atoms with Gasteiger partial charge < -0.3 is 10.1 Å². The molecule has 2 N–H and O–H groups in total. The molecule has 0 amide bonds. The first-order chi connectivity index (χ1) is 9.79. The number of aliphatic hydroxyl groups is 1. The van der Waals surface area contributed by atoms with E-state index in [4.69, 9.17) is 0 Å². The van der Waals surface area contributed by atoms with Crippen molar-refractivity contribution in [3.8, 4) is 6.07 Å². The van der Waals surface area contributed by atoms with Crippen LogP contribution in [0.3, 0.4) is 0 Å². The van der Waals surface area contributed by atoms with E-state index in [9.17, 15) is 10.4 Å². The summed E-state index contributed by atoms with van der Waals surface area (Å²) in [7, 11) is 0. The van der Waals surface area contributed by atoms with Gasteiger partial charge in [-0.05, 0) is 24.3 Å². The Labute approximate surface area is 114 Å². The number of nitrogens with one attached hydrogen (secondary N) is 1. The average Bonchev–Trinajstić information content (AvgIpc) is 2.92. The molecule has 0 radical (unpaired) electrons. The van der Waals surface area contributed by atoms with E-state index in [0.29, 0.717) is 11.4 Å². The topological polar surface area (TPSA) is 85.6 Å². The summed E-state index contributed by atoms with van der Waals surface area (Å²) in [6.45, 7) is 0. The van der Waals surface area contributed by atoms with Crippen molar-refractivity contribution in [2.75, 3.05) is 0 Å². The molecule has 1 aromatic carbocycles. The molecule has 0 aliphatic rings. The summed E-state index contributed by atoms with van der Waals surface area (Å²) in [6, 6.07) is 12.7. The van der Waals surface area contributed by atoms with Crippen LogP contribution in [0.25, 0.3) is 22.4 Å². The van der Waals surface area contributed by atoms with Crippen LogP contribution in [0, 0.1) is 11.3 Å². The van der Waals surface area contributed by atoms with Crippen molar-refractivity contribution in [1.82, 2.24) is 15.0 Å². The van der Waals surface area contributed by atoms with Crippen LogP contribution >= 0.6 is 0 Å². The molecule has 2 aromatic heterocycles. The quantitative estimate of drug-likeness (QED) is 0.549. The molecule has 0 fully saturated rings. The van der Waals surface area contributed by atoms with Crippen molar-refractivity contribution in [3.63, 3.8) is 0 Å². The minimum Gasteiger partial charge on any atom is -0.506 e. The van der Waals surface area contributed by atoms with Crippen LogP contribution in [0.2, 0.25) is 0 Å². The van der Waals surface area contributed by atoms with Crippen molar-refractivity contribution in [1.29, 1.82) is 5.26 Å². The Kier molecular flexibility index (Phi) is 2.90. The number of aromatic amines is 1. The summed E-state index contributed by atoms with van der Waals surface area (Å²) in [4.78, 5) is 11.2. The van der Waals surface area contributed by atoms with Crippen LogP contribution in [0.5, 0.6) is 0 Å². The SMILES string of the molecule is N#C/C(=C(/O)c1ccncc1)c1nc2ccccc2[nH]1. The molecule has 5 heteroatoms. The predicted octanol–water partition coefficient (Wildman–Crippen LogP) is 2.91. The van der Waals surface area contributed by atoms with Crippen LogP contribution in [-0.4, -0.2) is 20.1 Å². The molecular weight excluding hydrogens is 252 g/mol. The van der Waals surface area contributed by atoms with Gasteiger partial charge in [-0.3, -0.25) is 4.98 Å². The Bertz CT molecular complexity index is 795. The van der Waals surface area contributed by atoms with E-state index >= 15 is 0 Å². The molecule has 96 valence electrons. The number of imidazole rings is 1. The highest BCUT2D eigenvalue weighted by Gasteiger charge is 2.14. The Morgan fingerprint density at radius 2 is 1.90 bits per heavy atom. The number of nitriles is 1. The minimum atomic E-state index is -0.117. The van der Waals surface area contributed by atoms with Gasteiger partial charge in [0, 0.05) is 18.0 Å². The molecule has 0 unspecified atom stereocenters. The van der Waals surface area contributed by atoms with Gasteiger partial charge in [0.25, 0.3) is 0 Å². The lowest BCUT2D eigenvalue weighted by Gasteiger charge is -2.01. The van der Waals surface area contributed by atoms with Crippen molar-refractivity contribution < 1.29 is 5.11 Å². The normalized spacial score (nSPS) is 11.9. The third kappa shape index (κ3) is 1.99. The maximum absolute atomic E-state index is 10.2. The van der Waals surface area contributed by atoms with Crippen LogP contribution < -0.4 is 0 Å². The maximum atomic E-state index is 10.2. The van der Waals surface area contributed by atoms with Crippen LogP contribution in [-0.2, 0) is 0 Å². The Balaban J connectivity index is 2.17. The number of rotatable bonds is 2. The lowest BCUT2D eigenvalue weighted by Crippen LogP contribution is -1.92. The maximum Gasteiger partial charge on any atom is 0.153 e. The third-order valence-electron chi connectivity index (χ3n) is 2.93. The Morgan fingerprint density at radius 3 is 2.60 bits per heavy atom. The van der Waals surface area contributed by atoms with E-state index < -0.39 is 0 Å². The standard InChI is InChI=1S/C15H10N4O/c16-9-11(14(20)10-5-7-17-8-6-10)15-18-12-3-1-2-4-13(12)19-15/h1-8,20H,(H,18,19)/b14-11-. The van der Waals surface area contributed by atoms with Crippen LogP contribution in [0.1, 0.15) is 11.4 Å². The first-order valence-electron chi connectivity index (χ1n) is 5.98. The van der Waals surface area contributed by atoms with Crippen molar-refractivity contribution in [2.45, 2.75) is 0 Å². The summed E-state index contributed by atoms with van der Waals surface area (Å²) in [5, 5.41) is 19.5. The van der Waals surface area contributed by atoms with E-state index in [0.717, 1.165) is 11.0 Å². The fourth-order valence-corrected chi connectivity index (χ4v) is 1.94. The second kappa shape index (κ2) is 4.86. The van der Waals surface area contributed by atoms with Gasteiger partial charge in [-0.1, -0.05) is 12.1 Å². The van der Waals surface area contributed by atoms with Gasteiger partial charge in [0.1, 0.15) is 17.4 Å². The van der Waals surface area contributed by atoms with Gasteiger partial charge in [0.05, 0.1) is 11.0 Å². The van der Waals surface area contributed by atoms with E-state index in [1.165, 1.54) is 0 Å². The van der Waals surface area contributed by atoms with E-state index in [2.05, 4.69) is 15.0 Å². The number of allylic oxidation sites excluding steroid dienone is 1. The molecule has 0 bridgehead atoms. The van der Waals surface area contributed by atoms with Crippen molar-refractivity contribution in [2.24, 2.45) is 0 Å². The third-order valence-corrected chi connectivity index (χ3v) is 2.93. The van der Waals surface area contributed by atoms with E-state index in [1.54, 1.807) is 24.5 Å². The smallest absolute Gasteiger partial charge is 0.153 e. The largest absolute Gasteiger partial charge is 0.506 e. The summed E-state index contributed by atoms with van der Waals surface area (Å²) in [5.41, 5.74) is 2.19. The number of nitrogens with zero attached hydrogens (tertiary/aromatic N) is 3. The van der Waals surface area contributed by atoms with E-state index in [1.807, 2.05) is 30.3 Å².